The molecule has 0 atom stereocenters. The lowest BCUT2D eigenvalue weighted by molar-refractivity contribution is -0.127. The zero-order valence-corrected chi connectivity index (χ0v) is 15.7. The molecule has 1 amide bonds. The molecule has 0 radical (unpaired) electrons. The summed E-state index contributed by atoms with van der Waals surface area (Å²) in [6, 6.07) is 3.81. The number of hydrogen-bond donors (Lipinski definition) is 2. The number of furan rings is 1. The van der Waals surface area contributed by atoms with Gasteiger partial charge in [-0.1, -0.05) is 0 Å². The van der Waals surface area contributed by atoms with E-state index in [0.29, 0.717) is 19.0 Å². The first kappa shape index (κ1) is 19.0. The number of aryl methyl sites for hydroxylation is 1. The smallest absolute Gasteiger partial charge is 0.243 e. The van der Waals surface area contributed by atoms with Gasteiger partial charge in [0.1, 0.15) is 12.3 Å². The topological polar surface area (TPSA) is 82.8 Å². The molecule has 2 aromatic heterocycles. The van der Waals surface area contributed by atoms with Crippen LogP contribution in [0, 0.1) is 6.92 Å². The standard InChI is InChI=1S/C17H25N5O2S/c1-13-11-20-15(25-13)7-9-19-17(21-12-16(23)22(2)3)18-8-6-14-5-4-10-24-14/h4-5,10-11H,6-9,12H2,1-3H3,(H2,18,19,21). The fourth-order valence-electron chi connectivity index (χ4n) is 2.03. The number of aliphatic imine (C=N–C) groups is 1. The summed E-state index contributed by atoms with van der Waals surface area (Å²) in [5.41, 5.74) is 0. The van der Waals surface area contributed by atoms with Gasteiger partial charge in [0.2, 0.25) is 5.91 Å². The summed E-state index contributed by atoms with van der Waals surface area (Å²) >= 11 is 1.69. The molecule has 2 heterocycles. The molecule has 25 heavy (non-hydrogen) atoms. The number of guanidine groups is 1. The van der Waals surface area contributed by atoms with Crippen LogP contribution in [-0.2, 0) is 17.6 Å². The number of hydrogen-bond acceptors (Lipinski definition) is 5. The maximum absolute atomic E-state index is 11.7. The zero-order valence-electron chi connectivity index (χ0n) is 14.9. The molecule has 136 valence electrons. The number of thiazole rings is 1. The van der Waals surface area contributed by atoms with Crippen LogP contribution in [-0.4, -0.2) is 55.5 Å². The second-order valence-electron chi connectivity index (χ2n) is 5.75. The van der Waals surface area contributed by atoms with Crippen LogP contribution >= 0.6 is 11.3 Å². The van der Waals surface area contributed by atoms with Gasteiger partial charge in [0.05, 0.1) is 11.3 Å². The van der Waals surface area contributed by atoms with Crippen LogP contribution in [0.4, 0.5) is 0 Å². The highest BCUT2D eigenvalue weighted by Crippen LogP contribution is 2.10. The molecule has 0 fully saturated rings. The predicted molar refractivity (Wildman–Crippen MR) is 100.0 cm³/mol. The van der Waals surface area contributed by atoms with E-state index in [1.165, 1.54) is 9.78 Å². The van der Waals surface area contributed by atoms with Gasteiger partial charge in [0.25, 0.3) is 0 Å². The lowest BCUT2D eigenvalue weighted by Crippen LogP contribution is -2.40. The van der Waals surface area contributed by atoms with Crippen molar-refractivity contribution in [2.45, 2.75) is 19.8 Å². The second kappa shape index (κ2) is 9.83. The lowest BCUT2D eigenvalue weighted by Gasteiger charge is -2.13. The van der Waals surface area contributed by atoms with Crippen LogP contribution in [0.5, 0.6) is 0 Å². The number of aromatic nitrogens is 1. The van der Waals surface area contributed by atoms with Crippen molar-refractivity contribution in [1.82, 2.24) is 20.5 Å². The fourth-order valence-corrected chi connectivity index (χ4v) is 2.81. The SMILES string of the molecule is Cc1cnc(CCNC(=NCC(=O)N(C)C)NCCc2ccco2)s1. The highest BCUT2D eigenvalue weighted by Gasteiger charge is 2.06. The van der Waals surface area contributed by atoms with Gasteiger partial charge in [-0.2, -0.15) is 0 Å². The van der Waals surface area contributed by atoms with Gasteiger partial charge in [0, 0.05) is 51.1 Å². The molecule has 0 saturated carbocycles. The van der Waals surface area contributed by atoms with Crippen molar-refractivity contribution in [2.24, 2.45) is 4.99 Å². The van der Waals surface area contributed by atoms with Crippen LogP contribution in [0.15, 0.2) is 34.0 Å². The van der Waals surface area contributed by atoms with E-state index < -0.39 is 0 Å². The van der Waals surface area contributed by atoms with Gasteiger partial charge in [-0.15, -0.1) is 11.3 Å². The monoisotopic (exact) mass is 363 g/mol. The summed E-state index contributed by atoms with van der Waals surface area (Å²) < 4.78 is 5.32. The Bertz CT molecular complexity index is 679. The maximum Gasteiger partial charge on any atom is 0.243 e. The van der Waals surface area contributed by atoms with Gasteiger partial charge in [-0.05, 0) is 19.1 Å². The van der Waals surface area contributed by atoms with E-state index in [-0.39, 0.29) is 12.5 Å². The first-order valence-electron chi connectivity index (χ1n) is 8.20. The van der Waals surface area contributed by atoms with Crippen molar-refractivity contribution in [3.8, 4) is 0 Å². The normalized spacial score (nSPS) is 11.4. The summed E-state index contributed by atoms with van der Waals surface area (Å²) in [6.07, 6.45) is 5.11. The Morgan fingerprint density at radius 2 is 2.08 bits per heavy atom. The molecule has 2 rings (SSSR count). The van der Waals surface area contributed by atoms with Crippen LogP contribution < -0.4 is 10.6 Å². The lowest BCUT2D eigenvalue weighted by atomic mass is 10.3. The molecule has 0 spiro atoms. The Morgan fingerprint density at radius 3 is 2.68 bits per heavy atom. The van der Waals surface area contributed by atoms with Crippen molar-refractivity contribution >= 4 is 23.2 Å². The molecule has 0 aromatic carbocycles. The number of likely N-dealkylation sites (N-methyl/N-ethyl adjacent to an activating group) is 1. The van der Waals surface area contributed by atoms with Gasteiger partial charge in [0.15, 0.2) is 5.96 Å². The number of nitrogens with zero attached hydrogens (tertiary/aromatic N) is 3. The predicted octanol–water partition coefficient (Wildman–Crippen LogP) is 1.45. The molecule has 0 bridgehead atoms. The van der Waals surface area contributed by atoms with E-state index in [9.17, 15) is 4.79 Å². The number of amides is 1. The van der Waals surface area contributed by atoms with Crippen molar-refractivity contribution in [1.29, 1.82) is 0 Å². The Morgan fingerprint density at radius 1 is 1.32 bits per heavy atom. The maximum atomic E-state index is 11.7. The average molecular weight is 363 g/mol. The Labute approximate surface area is 152 Å². The first-order valence-corrected chi connectivity index (χ1v) is 9.02. The minimum Gasteiger partial charge on any atom is -0.469 e. The molecule has 2 aromatic rings. The van der Waals surface area contributed by atoms with E-state index in [0.717, 1.165) is 23.6 Å². The van der Waals surface area contributed by atoms with Crippen molar-refractivity contribution in [3.63, 3.8) is 0 Å². The Balaban J connectivity index is 1.83. The van der Waals surface area contributed by atoms with Crippen molar-refractivity contribution in [3.05, 3.63) is 40.2 Å². The molecule has 0 aliphatic heterocycles. The van der Waals surface area contributed by atoms with Gasteiger partial charge in [-0.25, -0.2) is 9.98 Å². The van der Waals surface area contributed by atoms with E-state index >= 15 is 0 Å². The molecule has 2 N–H and O–H groups in total. The molecular formula is C17H25N5O2S. The number of carbonyl (C=O) groups is 1. The van der Waals surface area contributed by atoms with Crippen LogP contribution in [0.1, 0.15) is 15.6 Å². The van der Waals surface area contributed by atoms with Gasteiger partial charge >= 0.3 is 0 Å². The summed E-state index contributed by atoms with van der Waals surface area (Å²) in [4.78, 5) is 23.2. The molecule has 0 saturated heterocycles. The van der Waals surface area contributed by atoms with Crippen molar-refractivity contribution < 1.29 is 9.21 Å². The summed E-state index contributed by atoms with van der Waals surface area (Å²) in [6.45, 7) is 3.53. The molecule has 0 aliphatic carbocycles. The quantitative estimate of drug-likeness (QED) is 0.548. The van der Waals surface area contributed by atoms with Crippen LogP contribution in [0.25, 0.3) is 0 Å². The minimum absolute atomic E-state index is 0.0392. The van der Waals surface area contributed by atoms with E-state index in [1.807, 2.05) is 25.3 Å². The Kier molecular flexibility index (Phi) is 7.46. The highest BCUT2D eigenvalue weighted by atomic mass is 32.1. The average Bonchev–Trinajstić information content (AvgIpc) is 3.23. The number of carbonyl (C=O) groups excluding carboxylic acids is 1. The van der Waals surface area contributed by atoms with Gasteiger partial charge < -0.3 is 20.0 Å². The van der Waals surface area contributed by atoms with E-state index in [1.54, 1.807) is 31.7 Å². The van der Waals surface area contributed by atoms with E-state index in [2.05, 4.69) is 20.6 Å². The molecule has 7 nitrogen and oxygen atoms in total. The summed E-state index contributed by atoms with van der Waals surface area (Å²) in [5, 5.41) is 7.58. The minimum atomic E-state index is -0.0392. The second-order valence-corrected chi connectivity index (χ2v) is 7.07. The third-order valence-corrected chi connectivity index (χ3v) is 4.39. The highest BCUT2D eigenvalue weighted by molar-refractivity contribution is 7.11. The van der Waals surface area contributed by atoms with Crippen LogP contribution in [0.3, 0.4) is 0 Å². The molecule has 0 aliphatic rings. The third kappa shape index (κ3) is 6.96. The van der Waals surface area contributed by atoms with Crippen LogP contribution in [0.2, 0.25) is 0 Å². The van der Waals surface area contributed by atoms with Gasteiger partial charge in [-0.3, -0.25) is 4.79 Å². The molecular weight excluding hydrogens is 338 g/mol. The first-order chi connectivity index (χ1) is 12.0. The molecule has 8 heteroatoms. The Hall–Kier alpha value is -2.35. The fraction of sp³-hybridized carbons (Fsp3) is 0.471. The largest absolute Gasteiger partial charge is 0.469 e. The zero-order chi connectivity index (χ0) is 18.1. The summed E-state index contributed by atoms with van der Waals surface area (Å²) in [7, 11) is 3.44. The number of nitrogens with one attached hydrogen (secondary N) is 2. The van der Waals surface area contributed by atoms with E-state index in [4.69, 9.17) is 4.42 Å². The van der Waals surface area contributed by atoms with Crippen molar-refractivity contribution in [2.75, 3.05) is 33.7 Å². The number of rotatable bonds is 8. The summed E-state index contributed by atoms with van der Waals surface area (Å²) in [5.74, 6) is 1.49. The molecule has 0 unspecified atom stereocenters. The third-order valence-electron chi connectivity index (χ3n) is 3.42.